The molecule has 15 heavy (non-hydrogen) atoms. The van der Waals surface area contributed by atoms with Gasteiger partial charge in [-0.2, -0.15) is 0 Å². The van der Waals surface area contributed by atoms with E-state index in [2.05, 4.69) is 19.9 Å². The second kappa shape index (κ2) is 3.61. The van der Waals surface area contributed by atoms with Crippen molar-refractivity contribution in [3.63, 3.8) is 0 Å². The van der Waals surface area contributed by atoms with Crippen LogP contribution in [-0.4, -0.2) is 19.9 Å². The number of aromatic nitrogens is 4. The summed E-state index contributed by atoms with van der Waals surface area (Å²) in [5.41, 5.74) is 1.17. The molecule has 0 aromatic carbocycles. The lowest BCUT2D eigenvalue weighted by atomic mass is 10.2. The zero-order valence-corrected chi connectivity index (χ0v) is 8.48. The molecule has 0 bridgehead atoms. The maximum Gasteiger partial charge on any atom is 0.254 e. The lowest BCUT2D eigenvalue weighted by Gasteiger charge is -2.01. The monoisotopic (exact) mass is 202 g/mol. The molecule has 0 atom stereocenters. The summed E-state index contributed by atoms with van der Waals surface area (Å²) in [7, 11) is 0. The van der Waals surface area contributed by atoms with Gasteiger partial charge in [0, 0.05) is 23.7 Å². The van der Waals surface area contributed by atoms with Crippen molar-refractivity contribution in [2.75, 3.05) is 0 Å². The molecule has 0 spiro atoms. The highest BCUT2D eigenvalue weighted by molar-refractivity contribution is 5.42. The molecule has 1 N–H and O–H groups in total. The molecule has 0 aliphatic rings. The van der Waals surface area contributed by atoms with Crippen LogP contribution in [0.2, 0.25) is 0 Å². The molecular weight excluding hydrogens is 192 g/mol. The predicted octanol–water partition coefficient (Wildman–Crippen LogP) is 0.844. The topological polar surface area (TPSA) is 71.5 Å². The third kappa shape index (κ3) is 1.76. The van der Waals surface area contributed by atoms with Gasteiger partial charge in [-0.25, -0.2) is 15.0 Å². The van der Waals surface area contributed by atoms with Gasteiger partial charge < -0.3 is 4.98 Å². The first-order valence-electron chi connectivity index (χ1n) is 4.53. The molecule has 0 fully saturated rings. The van der Waals surface area contributed by atoms with Crippen molar-refractivity contribution in [1.29, 1.82) is 0 Å². The van der Waals surface area contributed by atoms with Crippen LogP contribution in [0.5, 0.6) is 0 Å². The van der Waals surface area contributed by atoms with E-state index >= 15 is 0 Å². The Labute approximate surface area is 86.3 Å². The lowest BCUT2D eigenvalue weighted by Crippen LogP contribution is -2.15. The number of aromatic amines is 1. The van der Waals surface area contributed by atoms with E-state index in [1.807, 2.05) is 0 Å². The summed E-state index contributed by atoms with van der Waals surface area (Å²) < 4.78 is 0. The van der Waals surface area contributed by atoms with Gasteiger partial charge in [0.25, 0.3) is 5.56 Å². The number of rotatable bonds is 1. The summed E-state index contributed by atoms with van der Waals surface area (Å²) >= 11 is 0. The first-order chi connectivity index (χ1) is 7.18. The summed E-state index contributed by atoms with van der Waals surface area (Å²) in [6, 6.07) is 1.71. The predicted molar refractivity (Wildman–Crippen MR) is 55.4 cm³/mol. The highest BCUT2D eigenvalue weighted by Crippen LogP contribution is 2.06. The molecule has 2 heterocycles. The Morgan fingerprint density at radius 1 is 1.20 bits per heavy atom. The molecule has 0 radical (unpaired) electrons. The van der Waals surface area contributed by atoms with E-state index in [0.717, 1.165) is 0 Å². The summed E-state index contributed by atoms with van der Waals surface area (Å²) in [5.74, 6) is 0.835. The third-order valence-corrected chi connectivity index (χ3v) is 2.17. The molecule has 0 saturated heterocycles. The highest BCUT2D eigenvalue weighted by atomic mass is 16.1. The SMILES string of the molecule is Cc1nc(-c2ncccn2)[nH]c(=O)c1C. The second-order valence-electron chi connectivity index (χ2n) is 3.20. The van der Waals surface area contributed by atoms with Crippen LogP contribution in [0, 0.1) is 13.8 Å². The van der Waals surface area contributed by atoms with Crippen LogP contribution in [-0.2, 0) is 0 Å². The average molecular weight is 202 g/mol. The fourth-order valence-corrected chi connectivity index (χ4v) is 1.17. The number of nitrogens with one attached hydrogen (secondary N) is 1. The van der Waals surface area contributed by atoms with Gasteiger partial charge in [-0.05, 0) is 19.9 Å². The fourth-order valence-electron chi connectivity index (χ4n) is 1.17. The molecule has 0 saturated carbocycles. The maximum absolute atomic E-state index is 11.5. The minimum Gasteiger partial charge on any atom is -0.304 e. The summed E-state index contributed by atoms with van der Waals surface area (Å²) in [6.45, 7) is 3.52. The number of hydrogen-bond donors (Lipinski definition) is 1. The lowest BCUT2D eigenvalue weighted by molar-refractivity contribution is 0.997. The molecule has 0 amide bonds. The smallest absolute Gasteiger partial charge is 0.254 e. The zero-order chi connectivity index (χ0) is 10.8. The quantitative estimate of drug-likeness (QED) is 0.743. The van der Waals surface area contributed by atoms with Crippen molar-refractivity contribution in [3.8, 4) is 11.6 Å². The Bertz CT molecular complexity index is 533. The Kier molecular flexibility index (Phi) is 2.29. The Hall–Kier alpha value is -2.04. The summed E-state index contributed by atoms with van der Waals surface area (Å²) in [6.07, 6.45) is 3.22. The Morgan fingerprint density at radius 3 is 2.47 bits per heavy atom. The van der Waals surface area contributed by atoms with Crippen molar-refractivity contribution < 1.29 is 0 Å². The molecule has 0 aliphatic carbocycles. The van der Waals surface area contributed by atoms with Gasteiger partial charge in [0.1, 0.15) is 0 Å². The molecule has 5 nitrogen and oxygen atoms in total. The van der Waals surface area contributed by atoms with Crippen LogP contribution in [0.1, 0.15) is 11.3 Å². The van der Waals surface area contributed by atoms with Gasteiger partial charge in [0.2, 0.25) is 0 Å². The van der Waals surface area contributed by atoms with Gasteiger partial charge >= 0.3 is 0 Å². The first kappa shape index (κ1) is 9.51. The molecular formula is C10H10N4O. The van der Waals surface area contributed by atoms with Gasteiger partial charge in [-0.1, -0.05) is 0 Å². The van der Waals surface area contributed by atoms with E-state index in [0.29, 0.717) is 22.9 Å². The van der Waals surface area contributed by atoms with Crippen LogP contribution in [0.25, 0.3) is 11.6 Å². The van der Waals surface area contributed by atoms with Crippen LogP contribution in [0.3, 0.4) is 0 Å². The first-order valence-corrected chi connectivity index (χ1v) is 4.53. The molecule has 2 aromatic heterocycles. The highest BCUT2D eigenvalue weighted by Gasteiger charge is 2.06. The normalized spacial score (nSPS) is 10.3. The van der Waals surface area contributed by atoms with E-state index in [4.69, 9.17) is 0 Å². The minimum atomic E-state index is -0.148. The van der Waals surface area contributed by atoms with Crippen molar-refractivity contribution in [2.45, 2.75) is 13.8 Å². The average Bonchev–Trinajstić information content (AvgIpc) is 2.26. The number of H-pyrrole nitrogens is 1. The van der Waals surface area contributed by atoms with E-state index in [-0.39, 0.29) is 5.56 Å². The Morgan fingerprint density at radius 2 is 1.87 bits per heavy atom. The molecule has 0 unspecified atom stereocenters. The molecule has 5 heteroatoms. The maximum atomic E-state index is 11.5. The van der Waals surface area contributed by atoms with Crippen LogP contribution < -0.4 is 5.56 Å². The van der Waals surface area contributed by atoms with E-state index < -0.39 is 0 Å². The van der Waals surface area contributed by atoms with Crippen LogP contribution in [0.4, 0.5) is 0 Å². The number of nitrogens with zero attached hydrogens (tertiary/aromatic N) is 3. The summed E-state index contributed by atoms with van der Waals surface area (Å²) in [5, 5.41) is 0. The van der Waals surface area contributed by atoms with Crippen LogP contribution >= 0.6 is 0 Å². The Balaban J connectivity index is 2.61. The zero-order valence-electron chi connectivity index (χ0n) is 8.48. The van der Waals surface area contributed by atoms with E-state index in [9.17, 15) is 4.79 Å². The second-order valence-corrected chi connectivity index (χ2v) is 3.20. The molecule has 0 aliphatic heterocycles. The van der Waals surface area contributed by atoms with E-state index in [1.54, 1.807) is 32.3 Å². The third-order valence-electron chi connectivity index (χ3n) is 2.17. The number of hydrogen-bond acceptors (Lipinski definition) is 4. The molecule has 2 rings (SSSR count). The van der Waals surface area contributed by atoms with Gasteiger partial charge in [0.15, 0.2) is 11.6 Å². The molecule has 76 valence electrons. The van der Waals surface area contributed by atoms with Crippen LogP contribution in [0.15, 0.2) is 23.3 Å². The van der Waals surface area contributed by atoms with Gasteiger partial charge in [-0.15, -0.1) is 0 Å². The van der Waals surface area contributed by atoms with Crippen molar-refractivity contribution >= 4 is 0 Å². The molecule has 2 aromatic rings. The fraction of sp³-hybridized carbons (Fsp3) is 0.200. The van der Waals surface area contributed by atoms with Gasteiger partial charge in [0.05, 0.1) is 0 Å². The van der Waals surface area contributed by atoms with Crippen molar-refractivity contribution in [2.24, 2.45) is 0 Å². The summed E-state index contributed by atoms with van der Waals surface area (Å²) in [4.78, 5) is 26.4. The van der Waals surface area contributed by atoms with E-state index in [1.165, 1.54) is 0 Å². The number of aryl methyl sites for hydroxylation is 1. The largest absolute Gasteiger partial charge is 0.304 e. The minimum absolute atomic E-state index is 0.148. The van der Waals surface area contributed by atoms with Crippen molar-refractivity contribution in [1.82, 2.24) is 19.9 Å². The van der Waals surface area contributed by atoms with Gasteiger partial charge in [-0.3, -0.25) is 4.79 Å². The van der Waals surface area contributed by atoms with Crippen molar-refractivity contribution in [3.05, 3.63) is 40.1 Å². The standard InChI is InChI=1S/C10H10N4O/c1-6-7(2)13-9(14-10(6)15)8-11-4-3-5-12-8/h3-5H,1-2H3,(H,13,14,15).